The number of amides is 2. The highest BCUT2D eigenvalue weighted by Crippen LogP contribution is 2.35. The lowest BCUT2D eigenvalue weighted by Crippen LogP contribution is -2.33. The quantitative estimate of drug-likeness (QED) is 0.507. The summed E-state index contributed by atoms with van der Waals surface area (Å²) in [6.45, 7) is 1.85. The van der Waals surface area contributed by atoms with Crippen LogP contribution in [0.3, 0.4) is 0 Å². The number of amidine groups is 1. The lowest BCUT2D eigenvalue weighted by Gasteiger charge is -2.16. The van der Waals surface area contributed by atoms with E-state index in [0.717, 1.165) is 17.3 Å². The van der Waals surface area contributed by atoms with E-state index in [-0.39, 0.29) is 22.4 Å². The number of sulfonamides is 1. The topological polar surface area (TPSA) is 95.9 Å². The number of aryl methyl sites for hydroxylation is 1. The molecule has 1 aliphatic heterocycles. The fraction of sp³-hybridized carbons (Fsp3) is 0.125. The second-order valence-electron chi connectivity index (χ2n) is 7.54. The van der Waals surface area contributed by atoms with E-state index in [0.29, 0.717) is 16.4 Å². The molecule has 1 atom stereocenters. The summed E-state index contributed by atoms with van der Waals surface area (Å²) in [4.78, 5) is 27.1. The average molecular weight is 514 g/mol. The van der Waals surface area contributed by atoms with Gasteiger partial charge in [-0.2, -0.15) is 8.42 Å². The summed E-state index contributed by atoms with van der Waals surface area (Å²) in [5.41, 5.74) is 1.92. The number of carbonyl (C=O) groups is 2. The minimum atomic E-state index is -4.07. The van der Waals surface area contributed by atoms with Gasteiger partial charge in [-0.25, -0.2) is 0 Å². The van der Waals surface area contributed by atoms with Gasteiger partial charge in [-0.15, -0.1) is 4.40 Å². The maximum atomic E-state index is 13.2. The number of anilines is 2. The molecule has 0 aromatic heterocycles. The van der Waals surface area contributed by atoms with Gasteiger partial charge < -0.3 is 5.32 Å². The molecule has 0 bridgehead atoms. The number of hydrogen-bond donors (Lipinski definition) is 1. The van der Waals surface area contributed by atoms with Crippen LogP contribution in [-0.2, 0) is 19.6 Å². The monoisotopic (exact) mass is 513 g/mol. The van der Waals surface area contributed by atoms with Crippen LogP contribution in [-0.4, -0.2) is 30.6 Å². The lowest BCUT2D eigenvalue weighted by molar-refractivity contribution is -0.121. The minimum Gasteiger partial charge on any atom is -0.326 e. The second kappa shape index (κ2) is 10.0. The summed E-state index contributed by atoms with van der Waals surface area (Å²) in [7, 11) is -4.07. The van der Waals surface area contributed by atoms with Crippen LogP contribution < -0.4 is 10.2 Å². The maximum Gasteiger partial charge on any atom is 0.284 e. The molecule has 1 N–H and O–H groups in total. The summed E-state index contributed by atoms with van der Waals surface area (Å²) in [6.07, 6.45) is -0.154. The number of benzene rings is 3. The zero-order chi connectivity index (χ0) is 24.3. The Hall–Kier alpha value is -3.14. The van der Waals surface area contributed by atoms with E-state index in [1.807, 2.05) is 6.92 Å². The van der Waals surface area contributed by atoms with E-state index in [1.165, 1.54) is 17.0 Å². The SMILES string of the molecule is Cc1ccc(S(=O)(=O)N=C2S[C@H](CC(=O)Nc3ccc(Cl)cc3)C(=O)N2c2ccccc2)cc1. The summed E-state index contributed by atoms with van der Waals surface area (Å²) < 4.78 is 29.9. The van der Waals surface area contributed by atoms with Gasteiger partial charge >= 0.3 is 0 Å². The Bertz CT molecular complexity index is 1340. The van der Waals surface area contributed by atoms with Crippen LogP contribution in [0.15, 0.2) is 88.2 Å². The molecular formula is C24H20ClN3O4S2. The molecule has 0 saturated carbocycles. The van der Waals surface area contributed by atoms with Gasteiger partial charge in [0.25, 0.3) is 10.0 Å². The van der Waals surface area contributed by atoms with E-state index in [2.05, 4.69) is 9.71 Å². The Balaban J connectivity index is 1.61. The van der Waals surface area contributed by atoms with Crippen molar-refractivity contribution in [2.75, 3.05) is 10.2 Å². The molecule has 3 aromatic carbocycles. The summed E-state index contributed by atoms with van der Waals surface area (Å²) in [5.74, 6) is -0.802. The molecule has 174 valence electrons. The first kappa shape index (κ1) is 24.0. The number of nitrogens with one attached hydrogen (secondary N) is 1. The summed E-state index contributed by atoms with van der Waals surface area (Å²) in [6, 6.07) is 21.5. The molecule has 7 nitrogen and oxygen atoms in total. The Morgan fingerprint density at radius 2 is 1.68 bits per heavy atom. The molecule has 2 amide bonds. The van der Waals surface area contributed by atoms with Crippen LogP contribution in [0.4, 0.5) is 11.4 Å². The van der Waals surface area contributed by atoms with Crippen LogP contribution in [0.2, 0.25) is 5.02 Å². The maximum absolute atomic E-state index is 13.2. The molecule has 0 unspecified atom stereocenters. The Kier molecular flexibility index (Phi) is 7.06. The number of carbonyl (C=O) groups excluding carboxylic acids is 2. The number of nitrogens with zero attached hydrogens (tertiary/aromatic N) is 2. The third kappa shape index (κ3) is 5.49. The average Bonchev–Trinajstić information content (AvgIpc) is 3.10. The first-order chi connectivity index (χ1) is 16.2. The van der Waals surface area contributed by atoms with Crippen molar-refractivity contribution in [2.24, 2.45) is 4.40 Å². The first-order valence-electron chi connectivity index (χ1n) is 10.3. The van der Waals surface area contributed by atoms with Gasteiger partial charge in [0, 0.05) is 17.1 Å². The van der Waals surface area contributed by atoms with Crippen molar-refractivity contribution in [1.82, 2.24) is 0 Å². The Labute approximate surface area is 206 Å². The lowest BCUT2D eigenvalue weighted by atomic mass is 10.2. The number of halogens is 1. The highest BCUT2D eigenvalue weighted by molar-refractivity contribution is 8.16. The van der Waals surface area contributed by atoms with Gasteiger partial charge in [0.05, 0.1) is 10.6 Å². The minimum absolute atomic E-state index is 0.000989. The van der Waals surface area contributed by atoms with E-state index < -0.39 is 21.2 Å². The second-order valence-corrected chi connectivity index (χ2v) is 10.7. The third-order valence-electron chi connectivity index (χ3n) is 4.97. The van der Waals surface area contributed by atoms with Gasteiger partial charge in [-0.3, -0.25) is 14.5 Å². The molecule has 1 saturated heterocycles. The van der Waals surface area contributed by atoms with Crippen molar-refractivity contribution >= 4 is 61.7 Å². The summed E-state index contributed by atoms with van der Waals surface area (Å²) >= 11 is 6.82. The zero-order valence-electron chi connectivity index (χ0n) is 18.0. The fourth-order valence-electron chi connectivity index (χ4n) is 3.25. The molecule has 34 heavy (non-hydrogen) atoms. The van der Waals surface area contributed by atoms with Gasteiger partial charge in [-0.05, 0) is 55.5 Å². The molecule has 4 rings (SSSR count). The van der Waals surface area contributed by atoms with Crippen LogP contribution in [0.5, 0.6) is 0 Å². The van der Waals surface area contributed by atoms with Crippen molar-refractivity contribution in [3.05, 3.63) is 89.4 Å². The van der Waals surface area contributed by atoms with Crippen LogP contribution >= 0.6 is 23.4 Å². The molecule has 1 aliphatic rings. The van der Waals surface area contributed by atoms with Crippen LogP contribution in [0.25, 0.3) is 0 Å². The predicted octanol–water partition coefficient (Wildman–Crippen LogP) is 4.87. The van der Waals surface area contributed by atoms with E-state index in [1.54, 1.807) is 66.7 Å². The molecule has 1 heterocycles. The number of para-hydroxylation sites is 1. The van der Waals surface area contributed by atoms with Crippen LogP contribution in [0, 0.1) is 6.92 Å². The fourth-order valence-corrected chi connectivity index (χ4v) is 5.72. The van der Waals surface area contributed by atoms with Gasteiger partial charge in [-0.1, -0.05) is 59.3 Å². The van der Waals surface area contributed by atoms with Crippen molar-refractivity contribution in [1.29, 1.82) is 0 Å². The summed E-state index contributed by atoms with van der Waals surface area (Å²) in [5, 5.41) is 2.43. The van der Waals surface area contributed by atoms with E-state index in [4.69, 9.17) is 11.6 Å². The van der Waals surface area contributed by atoms with Crippen molar-refractivity contribution in [2.45, 2.75) is 23.5 Å². The number of rotatable bonds is 6. The Morgan fingerprint density at radius 3 is 2.32 bits per heavy atom. The zero-order valence-corrected chi connectivity index (χ0v) is 20.4. The molecule has 1 fully saturated rings. The third-order valence-corrected chi connectivity index (χ3v) is 7.75. The van der Waals surface area contributed by atoms with Crippen molar-refractivity contribution < 1.29 is 18.0 Å². The predicted molar refractivity (Wildman–Crippen MR) is 136 cm³/mol. The van der Waals surface area contributed by atoms with Crippen molar-refractivity contribution in [3.63, 3.8) is 0 Å². The molecule has 0 spiro atoms. The Morgan fingerprint density at radius 1 is 1.03 bits per heavy atom. The highest BCUT2D eigenvalue weighted by Gasteiger charge is 2.41. The standard InChI is InChI=1S/C24H20ClN3O4S2/c1-16-7-13-20(14-8-16)34(31,32)27-24-28(19-5-3-2-4-6-19)23(30)21(33-24)15-22(29)26-18-11-9-17(25)10-12-18/h2-14,21H,15H2,1H3,(H,26,29)/t21-/m1/s1. The van der Waals surface area contributed by atoms with Gasteiger partial charge in [0.15, 0.2) is 5.17 Å². The highest BCUT2D eigenvalue weighted by atomic mass is 35.5. The molecular weight excluding hydrogens is 494 g/mol. The first-order valence-corrected chi connectivity index (χ1v) is 13.0. The largest absolute Gasteiger partial charge is 0.326 e. The smallest absolute Gasteiger partial charge is 0.284 e. The van der Waals surface area contributed by atoms with E-state index >= 15 is 0 Å². The van der Waals surface area contributed by atoms with Gasteiger partial charge in [0.2, 0.25) is 11.8 Å². The number of thioether (sulfide) groups is 1. The normalized spacial score (nSPS) is 17.2. The van der Waals surface area contributed by atoms with Crippen LogP contribution in [0.1, 0.15) is 12.0 Å². The van der Waals surface area contributed by atoms with Crippen molar-refractivity contribution in [3.8, 4) is 0 Å². The van der Waals surface area contributed by atoms with Gasteiger partial charge in [0.1, 0.15) is 5.25 Å². The molecule has 3 aromatic rings. The molecule has 10 heteroatoms. The number of hydrogen-bond acceptors (Lipinski definition) is 5. The molecule has 0 aliphatic carbocycles. The van der Waals surface area contributed by atoms with E-state index in [9.17, 15) is 18.0 Å². The molecule has 0 radical (unpaired) electrons.